The van der Waals surface area contributed by atoms with Gasteiger partial charge in [-0.15, -0.1) is 0 Å². The first-order valence-corrected chi connectivity index (χ1v) is 5.76. The summed E-state index contributed by atoms with van der Waals surface area (Å²) in [5.74, 6) is -0.240. The maximum Gasteiger partial charge on any atom is 0.333 e. The Kier molecular flexibility index (Phi) is 9.18. The lowest BCUT2D eigenvalue weighted by Gasteiger charge is -2.02. The lowest BCUT2D eigenvalue weighted by Crippen LogP contribution is -2.14. The number of allylic oxidation sites excluding steroid dienone is 1. The Bertz CT molecular complexity index is 200. The van der Waals surface area contributed by atoms with Crippen LogP contribution < -0.4 is 5.73 Å². The zero-order chi connectivity index (χ0) is 11.5. The molecule has 0 aromatic heterocycles. The number of hydrogen-bond donors (Lipinski definition) is 1. The Morgan fingerprint density at radius 1 is 1.33 bits per heavy atom. The second-order valence-electron chi connectivity index (χ2n) is 3.66. The number of carbonyl (C=O) groups is 1. The number of unbranched alkanes of at least 4 members (excludes halogenated alkanes) is 4. The standard InChI is InChI=1S/C12H23NO2/c1-3-4-5-6-7-8-11(2)12(14)15-10-9-13/h8H,3-7,9-10,13H2,1-2H3. The minimum absolute atomic E-state index is 0.240. The van der Waals surface area contributed by atoms with Crippen molar-refractivity contribution in [1.29, 1.82) is 0 Å². The first-order valence-electron chi connectivity index (χ1n) is 5.76. The Labute approximate surface area is 92.7 Å². The molecule has 15 heavy (non-hydrogen) atoms. The second-order valence-corrected chi connectivity index (χ2v) is 3.66. The molecule has 0 atom stereocenters. The molecule has 0 saturated carbocycles. The van der Waals surface area contributed by atoms with E-state index >= 15 is 0 Å². The number of rotatable bonds is 8. The Morgan fingerprint density at radius 3 is 2.67 bits per heavy atom. The molecule has 0 aromatic carbocycles. The quantitative estimate of drug-likeness (QED) is 0.382. The average Bonchev–Trinajstić information content (AvgIpc) is 2.25. The summed E-state index contributed by atoms with van der Waals surface area (Å²) in [5.41, 5.74) is 5.93. The van der Waals surface area contributed by atoms with Crippen LogP contribution in [-0.2, 0) is 9.53 Å². The number of carbonyl (C=O) groups excluding carboxylic acids is 1. The maximum absolute atomic E-state index is 11.3. The van der Waals surface area contributed by atoms with Crippen LogP contribution in [-0.4, -0.2) is 19.1 Å². The van der Waals surface area contributed by atoms with Gasteiger partial charge in [0, 0.05) is 12.1 Å². The molecule has 0 fully saturated rings. The molecule has 0 unspecified atom stereocenters. The van der Waals surface area contributed by atoms with Gasteiger partial charge in [0.25, 0.3) is 0 Å². The Hall–Kier alpha value is -0.830. The second kappa shape index (κ2) is 9.71. The fourth-order valence-electron chi connectivity index (χ4n) is 1.24. The van der Waals surface area contributed by atoms with E-state index in [9.17, 15) is 4.79 Å². The molecule has 0 radical (unpaired) electrons. The number of ether oxygens (including phenoxy) is 1. The monoisotopic (exact) mass is 213 g/mol. The van der Waals surface area contributed by atoms with E-state index in [1.54, 1.807) is 6.92 Å². The summed E-state index contributed by atoms with van der Waals surface area (Å²) in [6.07, 6.45) is 7.80. The first-order chi connectivity index (χ1) is 7.22. The van der Waals surface area contributed by atoms with E-state index in [1.165, 1.54) is 19.3 Å². The molecule has 0 amide bonds. The summed E-state index contributed by atoms with van der Waals surface area (Å²) in [6, 6.07) is 0. The summed E-state index contributed by atoms with van der Waals surface area (Å²) < 4.78 is 4.90. The van der Waals surface area contributed by atoms with Crippen molar-refractivity contribution in [1.82, 2.24) is 0 Å². The molecule has 0 rings (SSSR count). The van der Waals surface area contributed by atoms with Gasteiger partial charge in [0.15, 0.2) is 0 Å². The third-order valence-electron chi connectivity index (χ3n) is 2.18. The van der Waals surface area contributed by atoms with Gasteiger partial charge in [-0.25, -0.2) is 4.79 Å². The van der Waals surface area contributed by atoms with Gasteiger partial charge in [-0.2, -0.15) is 0 Å². The van der Waals surface area contributed by atoms with Crippen LogP contribution in [0.3, 0.4) is 0 Å². The molecule has 2 N–H and O–H groups in total. The van der Waals surface area contributed by atoms with Gasteiger partial charge in [-0.1, -0.05) is 32.3 Å². The van der Waals surface area contributed by atoms with E-state index in [2.05, 4.69) is 6.92 Å². The third kappa shape index (κ3) is 8.18. The van der Waals surface area contributed by atoms with E-state index in [0.29, 0.717) is 18.7 Å². The first kappa shape index (κ1) is 14.2. The molecule has 0 aliphatic heterocycles. The van der Waals surface area contributed by atoms with Crippen LogP contribution in [0.5, 0.6) is 0 Å². The molecule has 88 valence electrons. The molecule has 3 nitrogen and oxygen atoms in total. The van der Waals surface area contributed by atoms with Crippen molar-refractivity contribution in [2.45, 2.75) is 46.0 Å². The largest absolute Gasteiger partial charge is 0.461 e. The zero-order valence-electron chi connectivity index (χ0n) is 9.92. The van der Waals surface area contributed by atoms with Crippen LogP contribution >= 0.6 is 0 Å². The van der Waals surface area contributed by atoms with Crippen LogP contribution in [0.1, 0.15) is 46.0 Å². The van der Waals surface area contributed by atoms with Gasteiger partial charge < -0.3 is 10.5 Å². The molecule has 0 bridgehead atoms. The summed E-state index contributed by atoms with van der Waals surface area (Å²) >= 11 is 0. The van der Waals surface area contributed by atoms with Crippen molar-refractivity contribution >= 4 is 5.97 Å². The molecule has 0 saturated heterocycles. The highest BCUT2D eigenvalue weighted by Gasteiger charge is 2.03. The maximum atomic E-state index is 11.3. The lowest BCUT2D eigenvalue weighted by molar-refractivity contribution is -0.138. The van der Waals surface area contributed by atoms with E-state index < -0.39 is 0 Å². The lowest BCUT2D eigenvalue weighted by atomic mass is 10.1. The summed E-state index contributed by atoms with van der Waals surface area (Å²) in [4.78, 5) is 11.3. The summed E-state index contributed by atoms with van der Waals surface area (Å²) in [6.45, 7) is 4.67. The smallest absolute Gasteiger partial charge is 0.333 e. The normalized spacial score (nSPS) is 11.5. The molecular weight excluding hydrogens is 190 g/mol. The van der Waals surface area contributed by atoms with Gasteiger partial charge in [-0.05, 0) is 19.8 Å². The van der Waals surface area contributed by atoms with Crippen LogP contribution in [0, 0.1) is 0 Å². The average molecular weight is 213 g/mol. The van der Waals surface area contributed by atoms with Crippen LogP contribution in [0.2, 0.25) is 0 Å². The molecular formula is C12H23NO2. The van der Waals surface area contributed by atoms with Crippen molar-refractivity contribution in [2.75, 3.05) is 13.2 Å². The fraction of sp³-hybridized carbons (Fsp3) is 0.750. The van der Waals surface area contributed by atoms with Crippen LogP contribution in [0.25, 0.3) is 0 Å². The van der Waals surface area contributed by atoms with Gasteiger partial charge >= 0.3 is 5.97 Å². The number of nitrogens with two attached hydrogens (primary N) is 1. The predicted octanol–water partition coefficient (Wildman–Crippen LogP) is 2.41. The third-order valence-corrected chi connectivity index (χ3v) is 2.18. The van der Waals surface area contributed by atoms with Crippen molar-refractivity contribution < 1.29 is 9.53 Å². The number of hydrogen-bond acceptors (Lipinski definition) is 3. The Morgan fingerprint density at radius 2 is 2.07 bits per heavy atom. The molecule has 0 heterocycles. The van der Waals surface area contributed by atoms with E-state index in [0.717, 1.165) is 12.8 Å². The predicted molar refractivity (Wildman–Crippen MR) is 62.5 cm³/mol. The highest BCUT2D eigenvalue weighted by Crippen LogP contribution is 2.06. The minimum Gasteiger partial charge on any atom is -0.461 e. The van der Waals surface area contributed by atoms with Gasteiger partial charge in [-0.3, -0.25) is 0 Å². The molecule has 0 aromatic rings. The SMILES string of the molecule is CCCCCCC=C(C)C(=O)OCCN. The topological polar surface area (TPSA) is 52.3 Å². The van der Waals surface area contributed by atoms with Crippen molar-refractivity contribution in [3.8, 4) is 0 Å². The van der Waals surface area contributed by atoms with Crippen molar-refractivity contribution in [3.63, 3.8) is 0 Å². The van der Waals surface area contributed by atoms with Crippen LogP contribution in [0.4, 0.5) is 0 Å². The minimum atomic E-state index is -0.240. The highest BCUT2D eigenvalue weighted by molar-refractivity contribution is 5.87. The van der Waals surface area contributed by atoms with Gasteiger partial charge in [0.1, 0.15) is 6.61 Å². The summed E-state index contributed by atoms with van der Waals surface area (Å²) in [5, 5.41) is 0. The van der Waals surface area contributed by atoms with Crippen LogP contribution in [0.15, 0.2) is 11.6 Å². The van der Waals surface area contributed by atoms with Gasteiger partial charge in [0.05, 0.1) is 0 Å². The zero-order valence-corrected chi connectivity index (χ0v) is 9.92. The number of esters is 1. The molecule has 0 spiro atoms. The fourth-order valence-corrected chi connectivity index (χ4v) is 1.24. The summed E-state index contributed by atoms with van der Waals surface area (Å²) in [7, 11) is 0. The van der Waals surface area contributed by atoms with E-state index in [4.69, 9.17) is 10.5 Å². The van der Waals surface area contributed by atoms with Crippen molar-refractivity contribution in [3.05, 3.63) is 11.6 Å². The van der Waals surface area contributed by atoms with E-state index in [-0.39, 0.29) is 5.97 Å². The van der Waals surface area contributed by atoms with E-state index in [1.807, 2.05) is 6.08 Å². The Balaban J connectivity index is 3.62. The highest BCUT2D eigenvalue weighted by atomic mass is 16.5. The van der Waals surface area contributed by atoms with Crippen molar-refractivity contribution in [2.24, 2.45) is 5.73 Å². The molecule has 0 aliphatic carbocycles. The molecule has 0 aliphatic rings. The van der Waals surface area contributed by atoms with Gasteiger partial charge in [0.2, 0.25) is 0 Å². The molecule has 3 heteroatoms.